The maximum absolute atomic E-state index is 13.8. The van der Waals surface area contributed by atoms with Gasteiger partial charge in [-0.25, -0.2) is 17.9 Å². The van der Waals surface area contributed by atoms with Gasteiger partial charge in [-0.15, -0.1) is 0 Å². The van der Waals surface area contributed by atoms with Gasteiger partial charge >= 0.3 is 0 Å². The zero-order valence-electron chi connectivity index (χ0n) is 10.5. The summed E-state index contributed by atoms with van der Waals surface area (Å²) in [6, 6.07) is 3.74. The second-order valence-corrected chi connectivity index (χ2v) is 7.24. The number of benzene rings is 1. The molecule has 1 aromatic carbocycles. The quantitative estimate of drug-likeness (QED) is 0.869. The van der Waals surface area contributed by atoms with E-state index in [2.05, 4.69) is 5.32 Å². The molecule has 2 fully saturated rings. The molecule has 0 spiro atoms. The van der Waals surface area contributed by atoms with Crippen LogP contribution in [0.3, 0.4) is 0 Å². The molecule has 104 valence electrons. The third-order valence-electron chi connectivity index (χ3n) is 4.24. The van der Waals surface area contributed by atoms with E-state index in [1.807, 2.05) is 0 Å². The molecule has 2 saturated carbocycles. The van der Waals surface area contributed by atoms with Crippen molar-refractivity contribution in [3.8, 4) is 0 Å². The van der Waals surface area contributed by atoms with Crippen molar-refractivity contribution in [3.05, 3.63) is 24.0 Å². The first-order valence-electron chi connectivity index (χ1n) is 6.47. The van der Waals surface area contributed by atoms with Crippen LogP contribution >= 0.6 is 0 Å². The summed E-state index contributed by atoms with van der Waals surface area (Å²) in [6.07, 6.45) is 4.99. The van der Waals surface area contributed by atoms with Crippen LogP contribution in [0.1, 0.15) is 25.7 Å². The molecule has 3 N–H and O–H groups in total. The predicted molar refractivity (Wildman–Crippen MR) is 70.7 cm³/mol. The third kappa shape index (κ3) is 2.60. The standard InChI is InChI=1S/C13H17FN2O2S/c14-11-7-10(19(15,17)18)3-4-12(11)16-8-13(5-6-13)9-1-2-9/h3-4,7,9,16H,1-2,5-6,8H2,(H2,15,17,18). The van der Waals surface area contributed by atoms with Gasteiger partial charge in [0.2, 0.25) is 10.0 Å². The van der Waals surface area contributed by atoms with Gasteiger partial charge in [-0.1, -0.05) is 0 Å². The first-order valence-corrected chi connectivity index (χ1v) is 8.02. The van der Waals surface area contributed by atoms with E-state index in [4.69, 9.17) is 5.14 Å². The monoisotopic (exact) mass is 284 g/mol. The zero-order chi connectivity index (χ0) is 13.7. The normalized spacial score (nSPS) is 21.2. The Hall–Kier alpha value is -1.14. The summed E-state index contributed by atoms with van der Waals surface area (Å²) >= 11 is 0. The minimum atomic E-state index is -3.84. The molecule has 0 radical (unpaired) electrons. The van der Waals surface area contributed by atoms with Gasteiger partial charge in [0, 0.05) is 6.54 Å². The summed E-state index contributed by atoms with van der Waals surface area (Å²) < 4.78 is 36.0. The number of hydrogen-bond donors (Lipinski definition) is 2. The van der Waals surface area contributed by atoms with Crippen LogP contribution in [0.5, 0.6) is 0 Å². The number of sulfonamides is 1. The Kier molecular flexibility index (Phi) is 2.83. The Morgan fingerprint density at radius 2 is 2.05 bits per heavy atom. The molecule has 19 heavy (non-hydrogen) atoms. The van der Waals surface area contributed by atoms with Crippen molar-refractivity contribution in [1.82, 2.24) is 0 Å². The summed E-state index contributed by atoms with van der Waals surface area (Å²) in [6.45, 7) is 0.767. The first-order chi connectivity index (χ1) is 8.91. The molecule has 0 unspecified atom stereocenters. The second kappa shape index (κ2) is 4.18. The Labute approximate surface area is 112 Å². The topological polar surface area (TPSA) is 72.2 Å². The Morgan fingerprint density at radius 3 is 2.53 bits per heavy atom. The summed E-state index contributed by atoms with van der Waals surface area (Å²) in [5.41, 5.74) is 0.713. The molecular formula is C13H17FN2O2S. The van der Waals surface area contributed by atoms with Gasteiger partial charge < -0.3 is 5.32 Å². The highest BCUT2D eigenvalue weighted by atomic mass is 32.2. The van der Waals surface area contributed by atoms with Gasteiger partial charge in [-0.05, 0) is 55.2 Å². The van der Waals surface area contributed by atoms with Crippen LogP contribution in [0.25, 0.3) is 0 Å². The predicted octanol–water partition coefficient (Wildman–Crippen LogP) is 2.08. The highest BCUT2D eigenvalue weighted by Crippen LogP contribution is 2.61. The molecule has 0 saturated heterocycles. The molecule has 2 aliphatic rings. The van der Waals surface area contributed by atoms with E-state index in [0.717, 1.165) is 18.5 Å². The molecule has 6 heteroatoms. The number of anilines is 1. The first kappa shape index (κ1) is 12.9. The molecule has 0 bridgehead atoms. The fraction of sp³-hybridized carbons (Fsp3) is 0.538. The average molecular weight is 284 g/mol. The number of rotatable bonds is 5. The number of nitrogens with one attached hydrogen (secondary N) is 1. The van der Waals surface area contributed by atoms with Crippen molar-refractivity contribution in [3.63, 3.8) is 0 Å². The SMILES string of the molecule is NS(=O)(=O)c1ccc(NCC2(C3CC3)CC2)c(F)c1. The van der Waals surface area contributed by atoms with Gasteiger partial charge in [0.15, 0.2) is 0 Å². The molecular weight excluding hydrogens is 267 g/mol. The van der Waals surface area contributed by atoms with Crippen LogP contribution in [0.2, 0.25) is 0 Å². The molecule has 0 amide bonds. The fourth-order valence-electron chi connectivity index (χ4n) is 2.67. The van der Waals surface area contributed by atoms with Crippen LogP contribution in [0.15, 0.2) is 23.1 Å². The van der Waals surface area contributed by atoms with Crippen molar-refractivity contribution in [1.29, 1.82) is 0 Å². The van der Waals surface area contributed by atoms with Crippen molar-refractivity contribution in [2.75, 3.05) is 11.9 Å². The lowest BCUT2D eigenvalue weighted by Gasteiger charge is -2.16. The molecule has 0 atom stereocenters. The van der Waals surface area contributed by atoms with Crippen LogP contribution in [0.4, 0.5) is 10.1 Å². The van der Waals surface area contributed by atoms with Crippen LogP contribution in [0, 0.1) is 17.2 Å². The van der Waals surface area contributed by atoms with E-state index >= 15 is 0 Å². The Balaban J connectivity index is 1.71. The van der Waals surface area contributed by atoms with E-state index in [1.54, 1.807) is 0 Å². The minimum absolute atomic E-state index is 0.195. The van der Waals surface area contributed by atoms with E-state index in [9.17, 15) is 12.8 Å². The summed E-state index contributed by atoms with van der Waals surface area (Å²) in [5, 5.41) is 8.07. The fourth-order valence-corrected chi connectivity index (χ4v) is 3.20. The molecule has 1 aromatic rings. The Bertz CT molecular complexity index is 607. The number of hydrogen-bond acceptors (Lipinski definition) is 3. The molecule has 3 rings (SSSR count). The average Bonchev–Trinajstić information content (AvgIpc) is 3.18. The lowest BCUT2D eigenvalue weighted by molar-refractivity contribution is 0.465. The van der Waals surface area contributed by atoms with Crippen LogP contribution in [-0.2, 0) is 10.0 Å². The van der Waals surface area contributed by atoms with Gasteiger partial charge in [-0.3, -0.25) is 0 Å². The zero-order valence-corrected chi connectivity index (χ0v) is 11.3. The van der Waals surface area contributed by atoms with E-state index in [0.29, 0.717) is 11.1 Å². The summed E-state index contributed by atoms with van der Waals surface area (Å²) in [4.78, 5) is -0.195. The summed E-state index contributed by atoms with van der Waals surface area (Å²) in [5.74, 6) is 0.227. The number of nitrogens with two attached hydrogens (primary N) is 1. The van der Waals surface area contributed by atoms with Crippen molar-refractivity contribution >= 4 is 15.7 Å². The highest BCUT2D eigenvalue weighted by Gasteiger charge is 2.53. The summed E-state index contributed by atoms with van der Waals surface area (Å²) in [7, 11) is -3.84. The van der Waals surface area contributed by atoms with Crippen LogP contribution in [-0.4, -0.2) is 15.0 Å². The largest absolute Gasteiger partial charge is 0.382 e. The maximum Gasteiger partial charge on any atom is 0.238 e. The third-order valence-corrected chi connectivity index (χ3v) is 5.15. The number of primary sulfonamides is 1. The van der Waals surface area contributed by atoms with Crippen molar-refractivity contribution < 1.29 is 12.8 Å². The van der Waals surface area contributed by atoms with Crippen molar-refractivity contribution in [2.45, 2.75) is 30.6 Å². The smallest absolute Gasteiger partial charge is 0.238 e. The second-order valence-electron chi connectivity index (χ2n) is 5.68. The van der Waals surface area contributed by atoms with E-state index in [1.165, 1.54) is 37.8 Å². The highest BCUT2D eigenvalue weighted by molar-refractivity contribution is 7.89. The van der Waals surface area contributed by atoms with E-state index in [-0.39, 0.29) is 4.90 Å². The molecule has 2 aliphatic carbocycles. The van der Waals surface area contributed by atoms with Gasteiger partial charge in [0.25, 0.3) is 0 Å². The van der Waals surface area contributed by atoms with Gasteiger partial charge in [-0.2, -0.15) is 0 Å². The number of halogens is 1. The van der Waals surface area contributed by atoms with E-state index < -0.39 is 15.8 Å². The molecule has 4 nitrogen and oxygen atoms in total. The lowest BCUT2D eigenvalue weighted by atomic mass is 10.0. The molecule has 0 aromatic heterocycles. The maximum atomic E-state index is 13.8. The molecule has 0 aliphatic heterocycles. The Morgan fingerprint density at radius 1 is 1.37 bits per heavy atom. The molecule has 0 heterocycles. The minimum Gasteiger partial charge on any atom is -0.382 e. The van der Waals surface area contributed by atoms with Crippen LogP contribution < -0.4 is 10.5 Å². The lowest BCUT2D eigenvalue weighted by Crippen LogP contribution is -2.18. The van der Waals surface area contributed by atoms with Crippen molar-refractivity contribution in [2.24, 2.45) is 16.5 Å². The van der Waals surface area contributed by atoms with Gasteiger partial charge in [0.05, 0.1) is 10.6 Å². The van der Waals surface area contributed by atoms with Gasteiger partial charge in [0.1, 0.15) is 5.82 Å².